The van der Waals surface area contributed by atoms with Gasteiger partial charge >= 0.3 is 0 Å². The molecule has 0 aliphatic heterocycles. The minimum Gasteiger partial charge on any atom is -0.386 e. The van der Waals surface area contributed by atoms with Gasteiger partial charge in [-0.25, -0.2) is 0 Å². The van der Waals surface area contributed by atoms with Crippen molar-refractivity contribution in [2.75, 3.05) is 0 Å². The maximum absolute atomic E-state index is 12.1. The molecule has 1 aliphatic rings. The highest BCUT2D eigenvalue weighted by atomic mass is 16.3. The third kappa shape index (κ3) is 7.22. The predicted molar refractivity (Wildman–Crippen MR) is 93.8 cm³/mol. The first-order valence-electron chi connectivity index (χ1n) is 8.45. The number of ketones is 1. The second-order valence-corrected chi connectivity index (χ2v) is 7.42. The first-order valence-corrected chi connectivity index (χ1v) is 8.45. The van der Waals surface area contributed by atoms with Crippen molar-refractivity contribution in [3.05, 3.63) is 34.9 Å². The van der Waals surface area contributed by atoms with Crippen LogP contribution in [0, 0.1) is 5.92 Å². The smallest absolute Gasteiger partial charge is 0.137 e. The molecule has 0 heterocycles. The van der Waals surface area contributed by atoms with Crippen LogP contribution in [0.25, 0.3) is 0 Å². The highest BCUT2D eigenvalue weighted by Gasteiger charge is 2.20. The van der Waals surface area contributed by atoms with E-state index in [1.54, 1.807) is 0 Å². The van der Waals surface area contributed by atoms with Gasteiger partial charge in [-0.05, 0) is 64.9 Å². The lowest BCUT2D eigenvalue weighted by Gasteiger charge is -2.23. The summed E-state index contributed by atoms with van der Waals surface area (Å²) in [6, 6.07) is 0. The fourth-order valence-electron chi connectivity index (χ4n) is 2.81. The summed E-state index contributed by atoms with van der Waals surface area (Å²) in [4.78, 5) is 12.1. The van der Waals surface area contributed by atoms with E-state index in [-0.39, 0.29) is 0 Å². The van der Waals surface area contributed by atoms with Gasteiger partial charge in [-0.1, -0.05) is 36.3 Å². The van der Waals surface area contributed by atoms with E-state index in [9.17, 15) is 9.90 Å². The number of hydrogen-bond acceptors (Lipinski definition) is 2. The van der Waals surface area contributed by atoms with Crippen molar-refractivity contribution in [3.8, 4) is 0 Å². The molecule has 1 atom stereocenters. The Kier molecular flexibility index (Phi) is 7.28. The molecule has 22 heavy (non-hydrogen) atoms. The molecule has 0 amide bonds. The molecule has 1 rings (SSSR count). The number of carbonyl (C=O) groups excluding carboxylic acids is 1. The Morgan fingerprint density at radius 2 is 1.82 bits per heavy atom. The highest BCUT2D eigenvalue weighted by Crippen LogP contribution is 2.25. The molecule has 1 aliphatic carbocycles. The summed E-state index contributed by atoms with van der Waals surface area (Å²) in [5.74, 6) is 0.693. The van der Waals surface area contributed by atoms with E-state index >= 15 is 0 Å². The zero-order valence-corrected chi connectivity index (χ0v) is 14.9. The molecule has 0 fully saturated rings. The third-order valence-electron chi connectivity index (χ3n) is 4.34. The summed E-state index contributed by atoms with van der Waals surface area (Å²) < 4.78 is 0. The second kappa shape index (κ2) is 8.47. The summed E-state index contributed by atoms with van der Waals surface area (Å²) in [7, 11) is 0. The van der Waals surface area contributed by atoms with E-state index in [4.69, 9.17) is 0 Å². The Bertz CT molecular complexity index is 472. The number of aliphatic hydroxyl groups is 1. The van der Waals surface area contributed by atoms with Gasteiger partial charge in [0.1, 0.15) is 5.78 Å². The van der Waals surface area contributed by atoms with Crippen LogP contribution in [0.5, 0.6) is 0 Å². The van der Waals surface area contributed by atoms with Gasteiger partial charge in [-0.3, -0.25) is 4.79 Å². The van der Waals surface area contributed by atoms with Gasteiger partial charge in [-0.2, -0.15) is 0 Å². The lowest BCUT2D eigenvalue weighted by Crippen LogP contribution is -2.22. The van der Waals surface area contributed by atoms with Gasteiger partial charge in [-0.15, -0.1) is 0 Å². The van der Waals surface area contributed by atoms with Crippen molar-refractivity contribution in [2.24, 2.45) is 5.92 Å². The Labute approximate surface area is 136 Å². The minimum atomic E-state index is -0.798. The molecule has 0 aromatic heterocycles. The average molecular weight is 304 g/mol. The van der Waals surface area contributed by atoms with Crippen molar-refractivity contribution in [3.63, 3.8) is 0 Å². The molecule has 2 heteroatoms. The quantitative estimate of drug-likeness (QED) is 0.681. The molecule has 0 bridgehead atoms. The van der Waals surface area contributed by atoms with Gasteiger partial charge in [0.05, 0.1) is 5.60 Å². The molecule has 0 aromatic rings. The molecular formula is C20H32O2. The Balaban J connectivity index is 2.97. The zero-order chi connectivity index (χ0) is 16.8. The molecule has 0 aromatic carbocycles. The molecule has 0 radical (unpaired) electrons. The summed E-state index contributed by atoms with van der Waals surface area (Å²) in [6.45, 7) is 9.99. The van der Waals surface area contributed by atoms with E-state index in [1.807, 2.05) is 13.8 Å². The van der Waals surface area contributed by atoms with Gasteiger partial charge in [0.2, 0.25) is 0 Å². The monoisotopic (exact) mass is 304 g/mol. The summed E-state index contributed by atoms with van der Waals surface area (Å²) >= 11 is 0. The van der Waals surface area contributed by atoms with E-state index in [0.29, 0.717) is 24.5 Å². The van der Waals surface area contributed by atoms with Crippen molar-refractivity contribution < 1.29 is 9.90 Å². The molecule has 0 saturated heterocycles. The number of rotatable bonds is 1. The third-order valence-corrected chi connectivity index (χ3v) is 4.34. The molecular weight excluding hydrogens is 272 g/mol. The minimum absolute atomic E-state index is 0.333. The average Bonchev–Trinajstić information content (AvgIpc) is 2.35. The normalized spacial score (nSPS) is 30.4. The van der Waals surface area contributed by atoms with Crippen molar-refractivity contribution >= 4 is 5.78 Å². The number of hydrogen-bond donors (Lipinski definition) is 1. The van der Waals surface area contributed by atoms with Crippen molar-refractivity contribution in [1.82, 2.24) is 0 Å². The molecule has 0 saturated carbocycles. The highest BCUT2D eigenvalue weighted by molar-refractivity contribution is 5.80. The fourth-order valence-corrected chi connectivity index (χ4v) is 2.81. The summed E-state index contributed by atoms with van der Waals surface area (Å²) in [6.07, 6.45) is 11.4. The van der Waals surface area contributed by atoms with Crippen LogP contribution >= 0.6 is 0 Å². The van der Waals surface area contributed by atoms with Gasteiger partial charge in [0.15, 0.2) is 0 Å². The maximum Gasteiger partial charge on any atom is 0.137 e. The fraction of sp³-hybridized carbons (Fsp3) is 0.650. The first kappa shape index (κ1) is 18.9. The van der Waals surface area contributed by atoms with Crippen LogP contribution in [0.2, 0.25) is 0 Å². The zero-order valence-electron chi connectivity index (χ0n) is 14.9. The van der Waals surface area contributed by atoms with Gasteiger partial charge in [0.25, 0.3) is 0 Å². The number of carbonyl (C=O) groups is 1. The SMILES string of the molecule is C/C1=C\C=C(\C(C)(C)O)CC[C@H](C)CC(=O)C/C(C)=C/CC1. The van der Waals surface area contributed by atoms with Crippen LogP contribution < -0.4 is 0 Å². The van der Waals surface area contributed by atoms with E-state index in [0.717, 1.165) is 31.3 Å². The summed E-state index contributed by atoms with van der Waals surface area (Å²) in [5, 5.41) is 10.3. The molecule has 0 spiro atoms. The largest absolute Gasteiger partial charge is 0.386 e. The molecule has 2 nitrogen and oxygen atoms in total. The second-order valence-electron chi connectivity index (χ2n) is 7.42. The van der Waals surface area contributed by atoms with Crippen LogP contribution in [-0.2, 0) is 4.79 Å². The number of allylic oxidation sites excluding steroid dienone is 5. The predicted octanol–water partition coefficient (Wildman–Crippen LogP) is 5.14. The van der Waals surface area contributed by atoms with Gasteiger partial charge < -0.3 is 5.11 Å². The maximum atomic E-state index is 12.1. The lowest BCUT2D eigenvalue weighted by molar-refractivity contribution is -0.119. The van der Waals surface area contributed by atoms with Crippen molar-refractivity contribution in [1.29, 1.82) is 0 Å². The van der Waals surface area contributed by atoms with E-state index in [1.165, 1.54) is 11.1 Å². The van der Waals surface area contributed by atoms with Crippen LogP contribution in [0.15, 0.2) is 34.9 Å². The molecule has 124 valence electrons. The van der Waals surface area contributed by atoms with Crippen molar-refractivity contribution in [2.45, 2.75) is 78.7 Å². The van der Waals surface area contributed by atoms with Crippen LogP contribution in [0.1, 0.15) is 73.1 Å². The number of Topliss-reactive ketones (excluding diaryl/α,β-unsaturated/α-hetero) is 1. The van der Waals surface area contributed by atoms with Crippen LogP contribution in [-0.4, -0.2) is 16.5 Å². The Morgan fingerprint density at radius 1 is 1.14 bits per heavy atom. The standard InChI is InChI=1S/C20H32O2/c1-15-7-6-8-16(2)13-19(21)14-17(3)10-12-18(11-9-15)20(4,5)22/h8-9,11,17,22H,6-7,10,12-14H2,1-5H3/b15-9+,16-8+,18-11+/t17-/m0/s1. The topological polar surface area (TPSA) is 37.3 Å². The first-order chi connectivity index (χ1) is 10.2. The van der Waals surface area contributed by atoms with E-state index < -0.39 is 5.60 Å². The Morgan fingerprint density at radius 3 is 2.45 bits per heavy atom. The summed E-state index contributed by atoms with van der Waals surface area (Å²) in [5.41, 5.74) is 2.75. The van der Waals surface area contributed by atoms with E-state index in [2.05, 4.69) is 39.0 Å². The van der Waals surface area contributed by atoms with Crippen LogP contribution in [0.3, 0.4) is 0 Å². The van der Waals surface area contributed by atoms with Crippen LogP contribution in [0.4, 0.5) is 0 Å². The molecule has 0 unspecified atom stereocenters. The molecule has 1 N–H and O–H groups in total. The Hall–Kier alpha value is -1.15. The van der Waals surface area contributed by atoms with Gasteiger partial charge in [0, 0.05) is 12.8 Å². The lowest BCUT2D eigenvalue weighted by atomic mass is 9.88.